The van der Waals surface area contributed by atoms with E-state index in [1.54, 1.807) is 0 Å². The Kier molecular flexibility index (Phi) is 5.53. The Morgan fingerprint density at radius 1 is 1.61 bits per heavy atom. The molecule has 4 N–H and O–H groups in total. The third kappa shape index (κ3) is 4.68. The smallest absolute Gasteiger partial charge is 0.306 e. The lowest BCUT2D eigenvalue weighted by Crippen LogP contribution is -2.58. The first-order valence-corrected chi connectivity index (χ1v) is 5.55. The molecule has 1 saturated heterocycles. The summed E-state index contributed by atoms with van der Waals surface area (Å²) in [7, 11) is 1.39. The fourth-order valence-corrected chi connectivity index (χ4v) is 1.52. The summed E-state index contributed by atoms with van der Waals surface area (Å²) >= 11 is 0. The Morgan fingerprint density at radius 2 is 2.33 bits per heavy atom. The molecule has 0 bridgehead atoms. The lowest BCUT2D eigenvalue weighted by Gasteiger charge is -2.24. The van der Waals surface area contributed by atoms with E-state index in [-0.39, 0.29) is 37.9 Å². The van der Waals surface area contributed by atoms with Gasteiger partial charge in [0.2, 0.25) is 11.8 Å². The monoisotopic (exact) mass is 259 g/mol. The topological polar surface area (TPSA) is 117 Å². The number of carboxylic acid groups (broad SMARTS) is 1. The molecule has 0 aromatic rings. The highest BCUT2D eigenvalue weighted by molar-refractivity contribution is 5.86. The van der Waals surface area contributed by atoms with Gasteiger partial charge in [-0.1, -0.05) is 0 Å². The largest absolute Gasteiger partial charge is 0.481 e. The van der Waals surface area contributed by atoms with Crippen LogP contribution < -0.4 is 16.0 Å². The molecule has 2 unspecified atom stereocenters. The van der Waals surface area contributed by atoms with Crippen LogP contribution in [0.3, 0.4) is 0 Å². The number of rotatable bonds is 6. The molecule has 1 heterocycles. The van der Waals surface area contributed by atoms with Crippen LogP contribution in [0.5, 0.6) is 0 Å². The molecule has 0 spiro atoms. The third-order valence-electron chi connectivity index (χ3n) is 2.57. The van der Waals surface area contributed by atoms with Crippen molar-refractivity contribution in [2.45, 2.75) is 18.6 Å². The summed E-state index contributed by atoms with van der Waals surface area (Å²) < 4.78 is 4.93. The molecular formula is C10H17N3O5. The Labute approximate surface area is 104 Å². The van der Waals surface area contributed by atoms with Gasteiger partial charge < -0.3 is 20.5 Å². The number of aliphatic carboxylic acids is 1. The maximum absolute atomic E-state index is 11.7. The Balaban J connectivity index is 2.31. The lowest BCUT2D eigenvalue weighted by molar-refractivity contribution is -0.140. The van der Waals surface area contributed by atoms with Gasteiger partial charge in [-0.05, 0) is 0 Å². The van der Waals surface area contributed by atoms with Gasteiger partial charge in [-0.25, -0.2) is 0 Å². The fraction of sp³-hybridized carbons (Fsp3) is 0.700. The summed E-state index contributed by atoms with van der Waals surface area (Å²) in [6, 6.07) is -0.495. The zero-order valence-corrected chi connectivity index (χ0v) is 10.1. The van der Waals surface area contributed by atoms with E-state index in [1.807, 2.05) is 0 Å². The minimum atomic E-state index is -0.987. The van der Waals surface area contributed by atoms with E-state index in [0.717, 1.165) is 0 Å². The van der Waals surface area contributed by atoms with Crippen molar-refractivity contribution in [2.24, 2.45) is 0 Å². The number of carbonyl (C=O) groups excluding carboxylic acids is 2. The van der Waals surface area contributed by atoms with Gasteiger partial charge in [0.05, 0.1) is 19.1 Å². The van der Waals surface area contributed by atoms with Crippen LogP contribution in [-0.2, 0) is 19.1 Å². The maximum atomic E-state index is 11.7. The molecule has 1 aliphatic heterocycles. The average Bonchev–Trinajstić information content (AvgIpc) is 2.34. The third-order valence-corrected chi connectivity index (χ3v) is 2.57. The predicted molar refractivity (Wildman–Crippen MR) is 60.9 cm³/mol. The van der Waals surface area contributed by atoms with E-state index < -0.39 is 18.1 Å². The van der Waals surface area contributed by atoms with Crippen LogP contribution in [0.4, 0.5) is 0 Å². The standard InChI is InChI=1S/C10H17N3O5/c1-18-6(2-9(15)16)3-13-10(17)7-4-12-8(14)5-11-7/h6-7,11H,2-5H2,1H3,(H,12,14)(H,13,17)(H,15,16). The number of amides is 2. The van der Waals surface area contributed by atoms with Crippen molar-refractivity contribution in [1.82, 2.24) is 16.0 Å². The van der Waals surface area contributed by atoms with Crippen LogP contribution in [0.1, 0.15) is 6.42 Å². The highest BCUT2D eigenvalue weighted by atomic mass is 16.5. The minimum Gasteiger partial charge on any atom is -0.481 e. The molecule has 18 heavy (non-hydrogen) atoms. The highest BCUT2D eigenvalue weighted by Crippen LogP contribution is 1.96. The van der Waals surface area contributed by atoms with E-state index in [4.69, 9.17) is 9.84 Å². The number of methoxy groups -OCH3 is 1. The van der Waals surface area contributed by atoms with Crippen LogP contribution >= 0.6 is 0 Å². The molecule has 0 aromatic carbocycles. The van der Waals surface area contributed by atoms with Crippen molar-refractivity contribution < 1.29 is 24.2 Å². The maximum Gasteiger partial charge on any atom is 0.306 e. The average molecular weight is 259 g/mol. The summed E-state index contributed by atoms with van der Waals surface area (Å²) in [4.78, 5) is 33.1. The number of hydrogen-bond acceptors (Lipinski definition) is 5. The minimum absolute atomic E-state index is 0.0981. The van der Waals surface area contributed by atoms with Gasteiger partial charge in [-0.15, -0.1) is 0 Å². The number of ether oxygens (including phenoxy) is 1. The molecule has 1 rings (SSSR count). The van der Waals surface area contributed by atoms with E-state index >= 15 is 0 Å². The zero-order valence-electron chi connectivity index (χ0n) is 10.1. The van der Waals surface area contributed by atoms with Crippen LogP contribution in [0.15, 0.2) is 0 Å². The number of carbonyl (C=O) groups is 3. The normalized spacial score (nSPS) is 20.9. The van der Waals surface area contributed by atoms with Crippen molar-refractivity contribution in [3.63, 3.8) is 0 Å². The van der Waals surface area contributed by atoms with Crippen LogP contribution in [0.2, 0.25) is 0 Å². The van der Waals surface area contributed by atoms with Crippen molar-refractivity contribution in [3.05, 3.63) is 0 Å². The van der Waals surface area contributed by atoms with Crippen LogP contribution in [-0.4, -0.2) is 61.8 Å². The van der Waals surface area contributed by atoms with E-state index in [0.29, 0.717) is 0 Å². The molecule has 1 aliphatic rings. The number of carboxylic acids is 1. The second kappa shape index (κ2) is 6.92. The molecule has 8 nitrogen and oxygen atoms in total. The summed E-state index contributed by atoms with van der Waals surface area (Å²) in [6.45, 7) is 0.440. The molecule has 2 atom stereocenters. The first-order chi connectivity index (χ1) is 8.52. The Morgan fingerprint density at radius 3 is 2.83 bits per heavy atom. The fourth-order valence-electron chi connectivity index (χ4n) is 1.52. The number of nitrogens with one attached hydrogen (secondary N) is 3. The molecule has 0 radical (unpaired) electrons. The quantitative estimate of drug-likeness (QED) is 0.425. The van der Waals surface area contributed by atoms with Gasteiger partial charge >= 0.3 is 5.97 Å². The second-order valence-corrected chi connectivity index (χ2v) is 3.94. The van der Waals surface area contributed by atoms with Gasteiger partial charge in [0.25, 0.3) is 0 Å². The number of piperazine rings is 1. The van der Waals surface area contributed by atoms with Gasteiger partial charge in [0.15, 0.2) is 0 Å². The molecule has 0 aliphatic carbocycles. The van der Waals surface area contributed by atoms with Gasteiger partial charge in [0.1, 0.15) is 6.04 Å². The first-order valence-electron chi connectivity index (χ1n) is 5.55. The summed E-state index contributed by atoms with van der Waals surface area (Å²) in [5.41, 5.74) is 0. The predicted octanol–water partition coefficient (Wildman–Crippen LogP) is -2.32. The first kappa shape index (κ1) is 14.4. The van der Waals surface area contributed by atoms with E-state index in [1.165, 1.54) is 7.11 Å². The van der Waals surface area contributed by atoms with Crippen molar-refractivity contribution in [2.75, 3.05) is 26.7 Å². The molecule has 0 aromatic heterocycles. The molecule has 2 amide bonds. The lowest BCUT2D eigenvalue weighted by atomic mass is 10.2. The van der Waals surface area contributed by atoms with Crippen molar-refractivity contribution in [3.8, 4) is 0 Å². The Hall–Kier alpha value is -1.67. The van der Waals surface area contributed by atoms with Crippen molar-refractivity contribution in [1.29, 1.82) is 0 Å². The van der Waals surface area contributed by atoms with Crippen LogP contribution in [0, 0.1) is 0 Å². The molecular weight excluding hydrogens is 242 g/mol. The number of hydrogen-bond donors (Lipinski definition) is 4. The van der Waals surface area contributed by atoms with E-state index in [2.05, 4.69) is 16.0 Å². The SMILES string of the molecule is COC(CNC(=O)C1CNC(=O)CN1)CC(=O)O. The molecule has 1 fully saturated rings. The molecule has 0 saturated carbocycles. The van der Waals surface area contributed by atoms with Gasteiger partial charge in [0, 0.05) is 20.2 Å². The van der Waals surface area contributed by atoms with E-state index in [9.17, 15) is 14.4 Å². The summed E-state index contributed by atoms with van der Waals surface area (Å²) in [5.74, 6) is -1.43. The molecule has 8 heteroatoms. The highest BCUT2D eigenvalue weighted by Gasteiger charge is 2.24. The zero-order chi connectivity index (χ0) is 13.5. The summed E-state index contributed by atoms with van der Waals surface area (Å²) in [5, 5.41) is 16.5. The van der Waals surface area contributed by atoms with Gasteiger partial charge in [-0.3, -0.25) is 19.7 Å². The second-order valence-electron chi connectivity index (χ2n) is 3.94. The Bertz CT molecular complexity index is 323. The summed E-state index contributed by atoms with van der Waals surface area (Å²) in [6.07, 6.45) is -0.740. The van der Waals surface area contributed by atoms with Gasteiger partial charge in [-0.2, -0.15) is 0 Å². The molecule has 102 valence electrons. The van der Waals surface area contributed by atoms with Crippen molar-refractivity contribution >= 4 is 17.8 Å². The van der Waals surface area contributed by atoms with Crippen LogP contribution in [0.25, 0.3) is 0 Å².